The highest BCUT2D eigenvalue weighted by Crippen LogP contribution is 2.44. The Balaban J connectivity index is 1.81. The summed E-state index contributed by atoms with van der Waals surface area (Å²) in [7, 11) is 4.38. The van der Waals surface area contributed by atoms with Gasteiger partial charge in [0.2, 0.25) is 0 Å². The Hall–Kier alpha value is -5.67. The van der Waals surface area contributed by atoms with Gasteiger partial charge in [0, 0.05) is 6.07 Å². The first-order valence-corrected chi connectivity index (χ1v) is 11.5. The molecule has 9 nitrogen and oxygen atoms in total. The Morgan fingerprint density at radius 2 is 1.03 bits per heavy atom. The molecule has 0 aliphatic carbocycles. The quantitative estimate of drug-likeness (QED) is 0.224. The number of methoxy groups -OCH3 is 3. The number of hydrogen-bond donors (Lipinski definition) is 0. The van der Waals surface area contributed by atoms with Gasteiger partial charge in [-0.1, -0.05) is 0 Å². The SMILES string of the molecule is COC(=O)c1ccc(Oc2cc(Oc3ccc(OC)cc3)c(C#N)c(C#N)c2Oc2ccc(OC)cc2)cc1. The van der Waals surface area contributed by atoms with Crippen LogP contribution in [-0.2, 0) is 4.74 Å². The fraction of sp³-hybridized carbons (Fsp3) is 0.100. The molecule has 0 radical (unpaired) electrons. The standard InChI is InChI=1S/C30H22N2O7/c1-34-20-8-12-23(13-9-20)37-27-16-28(38-22-6-4-19(5-7-22)30(33)36-3)29(26(18-32)25(27)17-31)39-24-14-10-21(35-2)11-15-24/h4-16H,1-3H3. The second kappa shape index (κ2) is 12.0. The maximum Gasteiger partial charge on any atom is 0.337 e. The van der Waals surface area contributed by atoms with Crippen LogP contribution in [0.3, 0.4) is 0 Å². The number of carbonyl (C=O) groups is 1. The number of ether oxygens (including phenoxy) is 6. The van der Waals surface area contributed by atoms with Gasteiger partial charge in [0.1, 0.15) is 52.0 Å². The molecule has 4 rings (SSSR count). The summed E-state index contributed by atoms with van der Waals surface area (Å²) < 4.78 is 33.2. The van der Waals surface area contributed by atoms with Gasteiger partial charge in [-0.15, -0.1) is 0 Å². The van der Waals surface area contributed by atoms with Crippen molar-refractivity contribution in [1.82, 2.24) is 0 Å². The molecule has 0 heterocycles. The third-order valence-corrected chi connectivity index (χ3v) is 5.50. The van der Waals surface area contributed by atoms with Crippen molar-refractivity contribution in [3.8, 4) is 58.1 Å². The lowest BCUT2D eigenvalue weighted by atomic mass is 10.1. The van der Waals surface area contributed by atoms with Crippen molar-refractivity contribution >= 4 is 5.97 Å². The van der Waals surface area contributed by atoms with E-state index in [1.165, 1.54) is 25.3 Å². The van der Waals surface area contributed by atoms with E-state index in [9.17, 15) is 15.3 Å². The molecule has 0 atom stereocenters. The molecule has 4 aromatic rings. The second-order valence-corrected chi connectivity index (χ2v) is 7.85. The lowest BCUT2D eigenvalue weighted by Crippen LogP contribution is -2.01. The Bertz CT molecular complexity index is 1550. The molecule has 0 bridgehead atoms. The third kappa shape index (κ3) is 6.01. The van der Waals surface area contributed by atoms with E-state index in [0.29, 0.717) is 34.3 Å². The monoisotopic (exact) mass is 522 g/mol. The highest BCUT2D eigenvalue weighted by molar-refractivity contribution is 5.89. The van der Waals surface area contributed by atoms with E-state index < -0.39 is 5.97 Å². The van der Waals surface area contributed by atoms with Crippen molar-refractivity contribution in [3.63, 3.8) is 0 Å². The molecular formula is C30H22N2O7. The van der Waals surface area contributed by atoms with Crippen molar-refractivity contribution in [2.24, 2.45) is 0 Å². The number of nitrogens with zero attached hydrogens (tertiary/aromatic N) is 2. The Morgan fingerprint density at radius 3 is 1.49 bits per heavy atom. The molecule has 0 fully saturated rings. The first-order valence-electron chi connectivity index (χ1n) is 11.5. The topological polar surface area (TPSA) is 120 Å². The largest absolute Gasteiger partial charge is 0.497 e. The predicted molar refractivity (Wildman–Crippen MR) is 140 cm³/mol. The van der Waals surface area contributed by atoms with Crippen LogP contribution in [0.15, 0.2) is 78.9 Å². The van der Waals surface area contributed by atoms with Crippen molar-refractivity contribution in [3.05, 3.63) is 95.6 Å². The molecule has 0 N–H and O–H groups in total. The van der Waals surface area contributed by atoms with Crippen LogP contribution < -0.4 is 23.7 Å². The Morgan fingerprint density at radius 1 is 0.590 bits per heavy atom. The number of nitriles is 2. The van der Waals surface area contributed by atoms with Gasteiger partial charge in [-0.3, -0.25) is 0 Å². The van der Waals surface area contributed by atoms with Gasteiger partial charge in [0.15, 0.2) is 17.2 Å². The zero-order valence-electron chi connectivity index (χ0n) is 21.3. The number of rotatable bonds is 9. The smallest absolute Gasteiger partial charge is 0.337 e. The number of carbonyl (C=O) groups excluding carboxylic acids is 1. The van der Waals surface area contributed by atoms with E-state index in [-0.39, 0.29) is 28.4 Å². The number of benzene rings is 4. The molecule has 0 amide bonds. The Labute approximate surface area is 224 Å². The molecular weight excluding hydrogens is 500 g/mol. The first kappa shape index (κ1) is 26.4. The molecule has 4 aromatic carbocycles. The van der Waals surface area contributed by atoms with Crippen molar-refractivity contribution in [2.45, 2.75) is 0 Å². The van der Waals surface area contributed by atoms with Crippen LogP contribution in [0, 0.1) is 22.7 Å². The minimum atomic E-state index is -0.495. The zero-order chi connectivity index (χ0) is 27.8. The van der Waals surface area contributed by atoms with E-state index in [1.807, 2.05) is 12.1 Å². The predicted octanol–water partition coefficient (Wildman–Crippen LogP) is 6.61. The average molecular weight is 523 g/mol. The van der Waals surface area contributed by atoms with Gasteiger partial charge in [0.25, 0.3) is 0 Å². The van der Waals surface area contributed by atoms with Gasteiger partial charge >= 0.3 is 5.97 Å². The van der Waals surface area contributed by atoms with E-state index in [0.717, 1.165) is 0 Å². The van der Waals surface area contributed by atoms with E-state index in [2.05, 4.69) is 0 Å². The Kier molecular flexibility index (Phi) is 8.15. The number of esters is 1. The number of hydrogen-bond acceptors (Lipinski definition) is 9. The average Bonchev–Trinajstić information content (AvgIpc) is 2.98. The minimum absolute atomic E-state index is 0.0124. The summed E-state index contributed by atoms with van der Waals surface area (Å²) in [5.74, 6) is 2.08. The summed E-state index contributed by atoms with van der Waals surface area (Å²) in [4.78, 5) is 11.8. The molecule has 0 saturated carbocycles. The van der Waals surface area contributed by atoms with Crippen LogP contribution in [0.2, 0.25) is 0 Å². The van der Waals surface area contributed by atoms with Crippen molar-refractivity contribution in [1.29, 1.82) is 10.5 Å². The van der Waals surface area contributed by atoms with Crippen molar-refractivity contribution < 1.29 is 33.2 Å². The van der Waals surface area contributed by atoms with Gasteiger partial charge < -0.3 is 28.4 Å². The molecule has 194 valence electrons. The molecule has 0 aromatic heterocycles. The van der Waals surface area contributed by atoms with E-state index in [4.69, 9.17) is 28.4 Å². The van der Waals surface area contributed by atoms with Crippen molar-refractivity contribution in [2.75, 3.05) is 21.3 Å². The molecule has 0 aliphatic rings. The first-order chi connectivity index (χ1) is 19.0. The zero-order valence-corrected chi connectivity index (χ0v) is 21.3. The maximum absolute atomic E-state index is 11.8. The summed E-state index contributed by atoms with van der Waals surface area (Å²) >= 11 is 0. The normalized spacial score (nSPS) is 9.97. The van der Waals surface area contributed by atoms with Gasteiger partial charge in [0.05, 0.1) is 26.9 Å². The van der Waals surface area contributed by atoms with E-state index in [1.54, 1.807) is 74.9 Å². The van der Waals surface area contributed by atoms with Crippen LogP contribution in [0.5, 0.6) is 46.0 Å². The minimum Gasteiger partial charge on any atom is -0.497 e. The summed E-state index contributed by atoms with van der Waals surface area (Å²) in [6.07, 6.45) is 0. The lowest BCUT2D eigenvalue weighted by molar-refractivity contribution is 0.0600. The highest BCUT2D eigenvalue weighted by Gasteiger charge is 2.24. The molecule has 39 heavy (non-hydrogen) atoms. The molecule has 0 saturated heterocycles. The molecule has 9 heteroatoms. The van der Waals surface area contributed by atoms with E-state index >= 15 is 0 Å². The molecule has 0 aliphatic heterocycles. The third-order valence-electron chi connectivity index (χ3n) is 5.50. The van der Waals surface area contributed by atoms with Gasteiger partial charge in [-0.2, -0.15) is 10.5 Å². The van der Waals surface area contributed by atoms with Crippen LogP contribution in [-0.4, -0.2) is 27.3 Å². The fourth-order valence-corrected chi connectivity index (χ4v) is 3.53. The van der Waals surface area contributed by atoms with Crippen LogP contribution in [0.4, 0.5) is 0 Å². The summed E-state index contributed by atoms with van der Waals surface area (Å²) in [6, 6.07) is 25.2. The second-order valence-electron chi connectivity index (χ2n) is 7.85. The maximum atomic E-state index is 11.8. The van der Waals surface area contributed by atoms with Crippen LogP contribution >= 0.6 is 0 Å². The van der Waals surface area contributed by atoms with Gasteiger partial charge in [-0.25, -0.2) is 4.79 Å². The summed E-state index contributed by atoms with van der Waals surface area (Å²) in [6.45, 7) is 0. The highest BCUT2D eigenvalue weighted by atomic mass is 16.5. The summed E-state index contributed by atoms with van der Waals surface area (Å²) in [5, 5.41) is 20.1. The van der Waals surface area contributed by atoms with Crippen LogP contribution in [0.25, 0.3) is 0 Å². The van der Waals surface area contributed by atoms with Gasteiger partial charge in [-0.05, 0) is 72.8 Å². The molecule has 0 unspecified atom stereocenters. The fourth-order valence-electron chi connectivity index (χ4n) is 3.53. The molecule has 0 spiro atoms. The van der Waals surface area contributed by atoms with Crippen LogP contribution in [0.1, 0.15) is 21.5 Å². The summed E-state index contributed by atoms with van der Waals surface area (Å²) in [5.41, 5.74) is 0.214. The lowest BCUT2D eigenvalue weighted by Gasteiger charge is -2.18.